The summed E-state index contributed by atoms with van der Waals surface area (Å²) in [6.45, 7) is 2.76. The molecule has 2 aromatic carbocycles. The SMILES string of the molecule is CCOC(=O)c1sc(NC(=O)CN2C(=O)NC(C)(c3ccc(F)cc3)C2=O)nc1-c1ccccc1. The molecule has 0 saturated carbocycles. The normalized spacial score (nSPS) is 17.3. The lowest BCUT2D eigenvalue weighted by molar-refractivity contribution is -0.133. The van der Waals surface area contributed by atoms with Crippen molar-refractivity contribution in [3.63, 3.8) is 0 Å². The van der Waals surface area contributed by atoms with E-state index in [0.717, 1.165) is 16.2 Å². The van der Waals surface area contributed by atoms with Gasteiger partial charge >= 0.3 is 12.0 Å². The van der Waals surface area contributed by atoms with E-state index in [4.69, 9.17) is 4.74 Å². The van der Waals surface area contributed by atoms with E-state index in [0.29, 0.717) is 16.8 Å². The van der Waals surface area contributed by atoms with Gasteiger partial charge in [-0.05, 0) is 31.5 Å². The van der Waals surface area contributed by atoms with Gasteiger partial charge in [0, 0.05) is 5.56 Å². The zero-order valence-corrected chi connectivity index (χ0v) is 19.6. The first-order valence-corrected chi connectivity index (χ1v) is 11.5. The highest BCUT2D eigenvalue weighted by atomic mass is 32.1. The second kappa shape index (κ2) is 9.63. The van der Waals surface area contributed by atoms with Crippen LogP contribution in [-0.4, -0.2) is 46.9 Å². The molecule has 35 heavy (non-hydrogen) atoms. The molecular weight excluding hydrogens is 475 g/mol. The van der Waals surface area contributed by atoms with Gasteiger partial charge < -0.3 is 15.4 Å². The number of esters is 1. The highest BCUT2D eigenvalue weighted by Crippen LogP contribution is 2.32. The minimum Gasteiger partial charge on any atom is -0.462 e. The Balaban J connectivity index is 1.52. The predicted molar refractivity (Wildman–Crippen MR) is 126 cm³/mol. The third-order valence-corrected chi connectivity index (χ3v) is 6.33. The average molecular weight is 497 g/mol. The van der Waals surface area contributed by atoms with Gasteiger partial charge in [-0.25, -0.2) is 19.0 Å². The van der Waals surface area contributed by atoms with Crippen molar-refractivity contribution in [1.82, 2.24) is 15.2 Å². The van der Waals surface area contributed by atoms with Crippen LogP contribution in [0.2, 0.25) is 0 Å². The molecule has 4 rings (SSSR count). The molecule has 0 radical (unpaired) electrons. The van der Waals surface area contributed by atoms with Gasteiger partial charge in [-0.1, -0.05) is 53.8 Å². The lowest BCUT2D eigenvalue weighted by Crippen LogP contribution is -2.42. The monoisotopic (exact) mass is 496 g/mol. The number of urea groups is 1. The number of imide groups is 1. The summed E-state index contributed by atoms with van der Waals surface area (Å²) < 4.78 is 18.4. The van der Waals surface area contributed by atoms with E-state index in [1.54, 1.807) is 31.2 Å². The maximum absolute atomic E-state index is 13.3. The average Bonchev–Trinajstić information content (AvgIpc) is 3.35. The number of thiazole rings is 1. The number of ether oxygens (including phenoxy) is 1. The fourth-order valence-corrected chi connectivity index (χ4v) is 4.52. The number of aromatic nitrogens is 1. The Bertz CT molecular complexity index is 1300. The number of hydrogen-bond donors (Lipinski definition) is 2. The molecule has 0 spiro atoms. The van der Waals surface area contributed by atoms with Crippen molar-refractivity contribution >= 4 is 40.3 Å². The van der Waals surface area contributed by atoms with Crippen LogP contribution in [0.5, 0.6) is 0 Å². The number of nitrogens with one attached hydrogen (secondary N) is 2. The van der Waals surface area contributed by atoms with Crippen LogP contribution in [0.1, 0.15) is 29.1 Å². The van der Waals surface area contributed by atoms with E-state index >= 15 is 0 Å². The fourth-order valence-electron chi connectivity index (χ4n) is 3.62. The lowest BCUT2D eigenvalue weighted by Gasteiger charge is -2.22. The number of nitrogens with zero attached hydrogens (tertiary/aromatic N) is 2. The van der Waals surface area contributed by atoms with Crippen LogP contribution in [-0.2, 0) is 19.9 Å². The fraction of sp³-hybridized carbons (Fsp3) is 0.208. The molecule has 180 valence electrons. The number of benzene rings is 2. The van der Waals surface area contributed by atoms with E-state index in [1.165, 1.54) is 31.2 Å². The summed E-state index contributed by atoms with van der Waals surface area (Å²) in [6.07, 6.45) is 0. The number of carbonyl (C=O) groups is 4. The minimum atomic E-state index is -1.44. The van der Waals surface area contributed by atoms with Crippen molar-refractivity contribution in [2.24, 2.45) is 0 Å². The van der Waals surface area contributed by atoms with Crippen molar-refractivity contribution < 1.29 is 28.3 Å². The summed E-state index contributed by atoms with van der Waals surface area (Å²) >= 11 is 0.931. The van der Waals surface area contributed by atoms with Gasteiger partial charge in [0.2, 0.25) is 5.91 Å². The van der Waals surface area contributed by atoms with Gasteiger partial charge in [0.15, 0.2) is 5.13 Å². The standard InChI is InChI=1S/C24H21FN4O5S/c1-3-34-20(31)19-18(14-7-5-4-6-8-14)27-22(35-19)26-17(30)13-29-21(32)24(2,28-23(29)33)15-9-11-16(25)12-10-15/h4-12H,3,13H2,1-2H3,(H,28,33)(H,26,27,30). The van der Waals surface area contributed by atoms with Crippen LogP contribution in [0.15, 0.2) is 54.6 Å². The number of anilines is 1. The van der Waals surface area contributed by atoms with Crippen molar-refractivity contribution in [3.8, 4) is 11.3 Å². The molecule has 1 atom stereocenters. The topological polar surface area (TPSA) is 118 Å². The number of rotatable bonds is 7. The Morgan fingerprint density at radius 3 is 2.49 bits per heavy atom. The first-order chi connectivity index (χ1) is 16.7. The van der Waals surface area contributed by atoms with Gasteiger partial charge in [-0.3, -0.25) is 14.5 Å². The van der Waals surface area contributed by atoms with Crippen LogP contribution < -0.4 is 10.6 Å². The second-order valence-corrected chi connectivity index (χ2v) is 8.78. The molecule has 1 aliphatic heterocycles. The molecule has 1 aliphatic rings. The van der Waals surface area contributed by atoms with Crippen molar-refractivity contribution in [3.05, 3.63) is 70.9 Å². The molecule has 2 heterocycles. The van der Waals surface area contributed by atoms with E-state index in [1.807, 2.05) is 6.07 Å². The molecule has 2 N–H and O–H groups in total. The number of amides is 4. The van der Waals surface area contributed by atoms with Crippen LogP contribution >= 0.6 is 11.3 Å². The number of hydrogen-bond acceptors (Lipinski definition) is 7. The Kier molecular flexibility index (Phi) is 6.61. The zero-order chi connectivity index (χ0) is 25.2. The molecule has 1 fully saturated rings. The molecule has 3 aromatic rings. The van der Waals surface area contributed by atoms with Crippen LogP contribution in [0.25, 0.3) is 11.3 Å². The summed E-state index contributed by atoms with van der Waals surface area (Å²) in [7, 11) is 0. The third kappa shape index (κ3) is 4.76. The quantitative estimate of drug-likeness (QED) is 0.382. The van der Waals surface area contributed by atoms with Gasteiger partial charge in [0.25, 0.3) is 5.91 Å². The lowest BCUT2D eigenvalue weighted by atomic mass is 9.92. The molecule has 1 aromatic heterocycles. The molecule has 11 heteroatoms. The predicted octanol–water partition coefficient (Wildman–Crippen LogP) is 3.53. The summed E-state index contributed by atoms with van der Waals surface area (Å²) in [6, 6.07) is 13.3. The van der Waals surface area contributed by atoms with Crippen LogP contribution in [0.4, 0.5) is 14.3 Å². The molecule has 9 nitrogen and oxygen atoms in total. The Morgan fingerprint density at radius 1 is 1.14 bits per heavy atom. The van der Waals surface area contributed by atoms with Crippen molar-refractivity contribution in [1.29, 1.82) is 0 Å². The van der Waals surface area contributed by atoms with Gasteiger partial charge in [-0.15, -0.1) is 0 Å². The highest BCUT2D eigenvalue weighted by Gasteiger charge is 2.49. The first kappa shape index (κ1) is 24.0. The maximum atomic E-state index is 13.3. The molecule has 0 aliphatic carbocycles. The highest BCUT2D eigenvalue weighted by molar-refractivity contribution is 7.18. The van der Waals surface area contributed by atoms with E-state index < -0.39 is 41.7 Å². The maximum Gasteiger partial charge on any atom is 0.350 e. The zero-order valence-electron chi connectivity index (χ0n) is 18.8. The Hall–Kier alpha value is -4.12. The van der Waals surface area contributed by atoms with E-state index in [2.05, 4.69) is 15.6 Å². The molecule has 0 bridgehead atoms. The number of halogens is 1. The summed E-state index contributed by atoms with van der Waals surface area (Å²) in [5.74, 6) is -2.39. The molecule has 4 amide bonds. The summed E-state index contributed by atoms with van der Waals surface area (Å²) in [5, 5.41) is 5.22. The van der Waals surface area contributed by atoms with Crippen molar-refractivity contribution in [2.75, 3.05) is 18.5 Å². The van der Waals surface area contributed by atoms with Crippen LogP contribution in [0, 0.1) is 5.82 Å². The van der Waals surface area contributed by atoms with Gasteiger partial charge in [-0.2, -0.15) is 0 Å². The van der Waals surface area contributed by atoms with Gasteiger partial charge in [0.1, 0.15) is 22.8 Å². The van der Waals surface area contributed by atoms with E-state index in [9.17, 15) is 23.6 Å². The first-order valence-electron chi connectivity index (χ1n) is 10.7. The molecule has 1 unspecified atom stereocenters. The summed E-state index contributed by atoms with van der Waals surface area (Å²) in [4.78, 5) is 56.0. The minimum absolute atomic E-state index is 0.116. The Labute approximate surface area is 203 Å². The summed E-state index contributed by atoms with van der Waals surface area (Å²) in [5.41, 5.74) is -0.0459. The van der Waals surface area contributed by atoms with Gasteiger partial charge in [0.05, 0.1) is 12.3 Å². The Morgan fingerprint density at radius 2 is 1.83 bits per heavy atom. The smallest absolute Gasteiger partial charge is 0.350 e. The third-order valence-electron chi connectivity index (χ3n) is 5.38. The largest absolute Gasteiger partial charge is 0.462 e. The molecule has 1 saturated heterocycles. The number of carbonyl (C=O) groups excluding carboxylic acids is 4. The van der Waals surface area contributed by atoms with E-state index in [-0.39, 0.29) is 16.6 Å². The second-order valence-electron chi connectivity index (χ2n) is 7.78. The van der Waals surface area contributed by atoms with Crippen LogP contribution in [0.3, 0.4) is 0 Å². The molecular formula is C24H21FN4O5S. The van der Waals surface area contributed by atoms with Crippen molar-refractivity contribution in [2.45, 2.75) is 19.4 Å².